The van der Waals surface area contributed by atoms with Crippen LogP contribution in [0.1, 0.15) is 12.0 Å². The predicted octanol–water partition coefficient (Wildman–Crippen LogP) is 3.64. The van der Waals surface area contributed by atoms with Gasteiger partial charge in [0.15, 0.2) is 0 Å². The van der Waals surface area contributed by atoms with E-state index in [1.807, 2.05) is 24.3 Å². The average Bonchev–Trinajstić information content (AvgIpc) is 2.81. The van der Waals surface area contributed by atoms with Gasteiger partial charge in [0.2, 0.25) is 5.91 Å². The van der Waals surface area contributed by atoms with Gasteiger partial charge in [0.05, 0.1) is 17.7 Å². The Kier molecular flexibility index (Phi) is 7.67. The number of ether oxygens (including phenoxy) is 1. The largest absolute Gasteiger partial charge is 0.497 e. The molecule has 31 heavy (non-hydrogen) atoms. The Balaban J connectivity index is 1.64. The van der Waals surface area contributed by atoms with E-state index >= 15 is 0 Å². The van der Waals surface area contributed by atoms with Gasteiger partial charge in [0, 0.05) is 6.54 Å². The molecule has 1 amide bonds. The quantitative estimate of drug-likeness (QED) is 0.491. The number of benzene rings is 3. The molecular weight excluding hydrogens is 412 g/mol. The summed E-state index contributed by atoms with van der Waals surface area (Å²) in [5, 5.41) is 2.83. The molecule has 0 unspecified atom stereocenters. The number of rotatable bonds is 10. The zero-order valence-electron chi connectivity index (χ0n) is 17.4. The maximum atomic E-state index is 13.2. The molecule has 7 heteroatoms. The van der Waals surface area contributed by atoms with Gasteiger partial charge in [-0.15, -0.1) is 0 Å². The van der Waals surface area contributed by atoms with Crippen molar-refractivity contribution < 1.29 is 17.9 Å². The monoisotopic (exact) mass is 438 g/mol. The lowest BCUT2D eigenvalue weighted by molar-refractivity contribution is -0.119. The average molecular weight is 439 g/mol. The van der Waals surface area contributed by atoms with Crippen LogP contribution in [0.2, 0.25) is 0 Å². The number of nitrogens with one attached hydrogen (secondary N) is 1. The first-order chi connectivity index (χ1) is 15.0. The summed E-state index contributed by atoms with van der Waals surface area (Å²) in [6.07, 6.45) is 1.51. The smallest absolute Gasteiger partial charge is 0.264 e. The van der Waals surface area contributed by atoms with E-state index < -0.39 is 10.0 Å². The molecule has 0 radical (unpaired) electrons. The molecule has 0 bridgehead atoms. The third-order valence-corrected chi connectivity index (χ3v) is 6.55. The number of anilines is 1. The molecular formula is C24H26N2O4S. The van der Waals surface area contributed by atoms with E-state index in [4.69, 9.17) is 4.74 Å². The molecule has 0 saturated carbocycles. The minimum atomic E-state index is -3.87. The first kappa shape index (κ1) is 22.4. The van der Waals surface area contributed by atoms with Crippen molar-refractivity contribution in [3.63, 3.8) is 0 Å². The number of hydrogen-bond acceptors (Lipinski definition) is 4. The van der Waals surface area contributed by atoms with Gasteiger partial charge in [-0.2, -0.15) is 0 Å². The number of methoxy groups -OCH3 is 1. The number of aryl methyl sites for hydroxylation is 1. The molecule has 162 valence electrons. The van der Waals surface area contributed by atoms with Crippen molar-refractivity contribution >= 4 is 21.6 Å². The summed E-state index contributed by atoms with van der Waals surface area (Å²) >= 11 is 0. The second-order valence-electron chi connectivity index (χ2n) is 6.97. The van der Waals surface area contributed by atoms with Crippen LogP contribution >= 0.6 is 0 Å². The summed E-state index contributed by atoms with van der Waals surface area (Å²) in [5.74, 6) is 0.445. The number of sulfonamides is 1. The Morgan fingerprint density at radius 2 is 1.61 bits per heavy atom. The Morgan fingerprint density at radius 3 is 2.29 bits per heavy atom. The van der Waals surface area contributed by atoms with E-state index in [1.165, 1.54) is 12.1 Å². The Bertz CT molecular complexity index is 1090. The van der Waals surface area contributed by atoms with Gasteiger partial charge in [-0.25, -0.2) is 8.42 Å². The summed E-state index contributed by atoms with van der Waals surface area (Å²) in [7, 11) is -2.25. The van der Waals surface area contributed by atoms with Crippen LogP contribution in [0.15, 0.2) is 89.8 Å². The first-order valence-electron chi connectivity index (χ1n) is 10.0. The van der Waals surface area contributed by atoms with E-state index in [0.29, 0.717) is 12.2 Å². The van der Waals surface area contributed by atoms with Crippen molar-refractivity contribution in [1.29, 1.82) is 0 Å². The second kappa shape index (κ2) is 10.6. The molecule has 3 rings (SSSR count). The lowest BCUT2D eigenvalue weighted by atomic mass is 10.1. The number of carbonyl (C=O) groups is 1. The normalized spacial score (nSPS) is 11.0. The second-order valence-corrected chi connectivity index (χ2v) is 8.83. The number of carbonyl (C=O) groups excluding carboxylic acids is 1. The van der Waals surface area contributed by atoms with E-state index in [9.17, 15) is 13.2 Å². The highest BCUT2D eigenvalue weighted by Crippen LogP contribution is 2.23. The Labute approximate surface area is 183 Å². The molecule has 0 saturated heterocycles. The molecule has 0 fully saturated rings. The number of para-hydroxylation sites is 1. The lowest BCUT2D eigenvalue weighted by Crippen LogP contribution is -2.41. The van der Waals surface area contributed by atoms with Gasteiger partial charge in [-0.3, -0.25) is 9.10 Å². The summed E-state index contributed by atoms with van der Waals surface area (Å²) in [6.45, 7) is 0.157. The molecule has 1 N–H and O–H groups in total. The maximum Gasteiger partial charge on any atom is 0.264 e. The molecule has 0 aliphatic heterocycles. The summed E-state index contributed by atoms with van der Waals surface area (Å²) in [6, 6.07) is 24.6. The maximum absolute atomic E-state index is 13.2. The third-order valence-electron chi connectivity index (χ3n) is 4.76. The fraction of sp³-hybridized carbons (Fsp3) is 0.208. The van der Waals surface area contributed by atoms with Crippen LogP contribution in [0.5, 0.6) is 5.75 Å². The first-order valence-corrected chi connectivity index (χ1v) is 11.5. The molecule has 3 aromatic carbocycles. The van der Waals surface area contributed by atoms with E-state index in [-0.39, 0.29) is 17.3 Å². The number of amides is 1. The molecule has 0 aromatic heterocycles. The Hall–Kier alpha value is -3.32. The predicted molar refractivity (Wildman–Crippen MR) is 122 cm³/mol. The molecule has 0 aliphatic carbocycles. The van der Waals surface area contributed by atoms with E-state index in [0.717, 1.165) is 28.5 Å². The highest BCUT2D eigenvalue weighted by Gasteiger charge is 2.26. The summed E-state index contributed by atoms with van der Waals surface area (Å²) < 4.78 is 32.7. The fourth-order valence-electron chi connectivity index (χ4n) is 3.16. The van der Waals surface area contributed by atoms with Gasteiger partial charge < -0.3 is 10.1 Å². The molecule has 0 aliphatic rings. The highest BCUT2D eigenvalue weighted by atomic mass is 32.2. The molecule has 0 atom stereocenters. The van der Waals surface area contributed by atoms with Crippen LogP contribution in [0, 0.1) is 0 Å². The van der Waals surface area contributed by atoms with Crippen LogP contribution in [0.3, 0.4) is 0 Å². The molecule has 0 spiro atoms. The highest BCUT2D eigenvalue weighted by molar-refractivity contribution is 7.92. The van der Waals surface area contributed by atoms with Gasteiger partial charge in [-0.05, 0) is 54.8 Å². The standard InChI is InChI=1S/C24H26N2O4S/c1-30-22-14-8-10-20(18-22)11-9-17-25-24(27)19-26(21-12-4-2-5-13-21)31(28,29)23-15-6-3-7-16-23/h2-8,10,12-16,18H,9,11,17,19H2,1H3,(H,25,27). The lowest BCUT2D eigenvalue weighted by Gasteiger charge is -2.24. The number of nitrogens with zero attached hydrogens (tertiary/aromatic N) is 1. The van der Waals surface area contributed by atoms with Gasteiger partial charge in [0.1, 0.15) is 12.3 Å². The van der Waals surface area contributed by atoms with Crippen LogP contribution in [-0.4, -0.2) is 34.5 Å². The van der Waals surface area contributed by atoms with Gasteiger partial charge in [0.25, 0.3) is 10.0 Å². The van der Waals surface area contributed by atoms with Crippen LogP contribution in [-0.2, 0) is 21.2 Å². The zero-order valence-corrected chi connectivity index (χ0v) is 18.2. The Morgan fingerprint density at radius 1 is 0.935 bits per heavy atom. The topological polar surface area (TPSA) is 75.7 Å². The van der Waals surface area contributed by atoms with Crippen LogP contribution < -0.4 is 14.4 Å². The molecule has 6 nitrogen and oxygen atoms in total. The van der Waals surface area contributed by atoms with E-state index in [1.54, 1.807) is 55.6 Å². The minimum Gasteiger partial charge on any atom is -0.497 e. The minimum absolute atomic E-state index is 0.143. The summed E-state index contributed by atoms with van der Waals surface area (Å²) in [4.78, 5) is 12.7. The van der Waals surface area contributed by atoms with Crippen molar-refractivity contribution in [2.24, 2.45) is 0 Å². The van der Waals surface area contributed by atoms with Crippen molar-refractivity contribution in [3.8, 4) is 5.75 Å². The molecule has 0 heterocycles. The van der Waals surface area contributed by atoms with Crippen molar-refractivity contribution in [3.05, 3.63) is 90.5 Å². The van der Waals surface area contributed by atoms with Crippen molar-refractivity contribution in [2.75, 3.05) is 24.5 Å². The summed E-state index contributed by atoms with van der Waals surface area (Å²) in [5.41, 5.74) is 1.56. The van der Waals surface area contributed by atoms with Gasteiger partial charge >= 0.3 is 0 Å². The van der Waals surface area contributed by atoms with Crippen molar-refractivity contribution in [1.82, 2.24) is 5.32 Å². The van der Waals surface area contributed by atoms with Crippen molar-refractivity contribution in [2.45, 2.75) is 17.7 Å². The molecule has 3 aromatic rings. The number of hydrogen-bond donors (Lipinski definition) is 1. The fourth-order valence-corrected chi connectivity index (χ4v) is 4.61. The zero-order chi connectivity index (χ0) is 22.1. The van der Waals surface area contributed by atoms with Crippen LogP contribution in [0.25, 0.3) is 0 Å². The SMILES string of the molecule is COc1cccc(CCCNC(=O)CN(c2ccccc2)S(=O)(=O)c2ccccc2)c1. The van der Waals surface area contributed by atoms with E-state index in [2.05, 4.69) is 5.32 Å². The van der Waals surface area contributed by atoms with Gasteiger partial charge in [-0.1, -0.05) is 48.5 Å². The third kappa shape index (κ3) is 6.08. The van der Waals surface area contributed by atoms with Crippen LogP contribution in [0.4, 0.5) is 5.69 Å².